The van der Waals surface area contributed by atoms with Crippen molar-refractivity contribution in [1.29, 1.82) is 0 Å². The van der Waals surface area contributed by atoms with Crippen molar-refractivity contribution in [3.8, 4) is 0 Å². The first-order valence-electron chi connectivity index (χ1n) is 6.39. The summed E-state index contributed by atoms with van der Waals surface area (Å²) in [5, 5.41) is 6.79. The van der Waals surface area contributed by atoms with Gasteiger partial charge in [-0.3, -0.25) is 9.97 Å². The Labute approximate surface area is 108 Å². The van der Waals surface area contributed by atoms with Gasteiger partial charge in [-0.25, -0.2) is 0 Å². The van der Waals surface area contributed by atoms with Crippen molar-refractivity contribution < 1.29 is 0 Å². The molecule has 0 aliphatic carbocycles. The summed E-state index contributed by atoms with van der Waals surface area (Å²) in [5.74, 6) is 0. The Balaban J connectivity index is 1.84. The van der Waals surface area contributed by atoms with E-state index in [0.29, 0.717) is 6.04 Å². The van der Waals surface area contributed by atoms with Crippen LogP contribution in [0.15, 0.2) is 30.6 Å². The summed E-state index contributed by atoms with van der Waals surface area (Å²) in [5.41, 5.74) is 3.15. The van der Waals surface area contributed by atoms with Crippen LogP contribution in [0.4, 0.5) is 0 Å². The molecule has 2 rings (SSSR count). The zero-order valence-corrected chi connectivity index (χ0v) is 11.0. The van der Waals surface area contributed by atoms with Crippen LogP contribution in [-0.4, -0.2) is 29.1 Å². The molecule has 0 saturated heterocycles. The zero-order chi connectivity index (χ0) is 12.8. The van der Waals surface area contributed by atoms with E-state index in [4.69, 9.17) is 0 Å². The van der Waals surface area contributed by atoms with E-state index in [1.165, 1.54) is 5.56 Å². The number of benzene rings is 1. The second-order valence-electron chi connectivity index (χ2n) is 4.67. The zero-order valence-electron chi connectivity index (χ0n) is 11.0. The van der Waals surface area contributed by atoms with Gasteiger partial charge in [-0.2, -0.15) is 0 Å². The number of hydrogen-bond donors (Lipinski definition) is 2. The van der Waals surface area contributed by atoms with Crippen molar-refractivity contribution >= 4 is 11.0 Å². The fourth-order valence-corrected chi connectivity index (χ4v) is 1.80. The predicted molar refractivity (Wildman–Crippen MR) is 74.4 cm³/mol. The Hall–Kier alpha value is -1.52. The highest BCUT2D eigenvalue weighted by Gasteiger charge is 1.98. The number of fused-ring (bicyclic) bond motifs is 1. The van der Waals surface area contributed by atoms with Crippen LogP contribution in [0.3, 0.4) is 0 Å². The molecule has 1 aromatic heterocycles. The van der Waals surface area contributed by atoms with Crippen LogP contribution in [-0.2, 0) is 6.54 Å². The van der Waals surface area contributed by atoms with Gasteiger partial charge in [0.05, 0.1) is 11.0 Å². The van der Waals surface area contributed by atoms with E-state index >= 15 is 0 Å². The molecule has 0 radical (unpaired) electrons. The molecule has 0 aliphatic rings. The maximum absolute atomic E-state index is 4.31. The van der Waals surface area contributed by atoms with E-state index in [2.05, 4.69) is 46.6 Å². The molecule has 2 N–H and O–H groups in total. The molecular weight excluding hydrogens is 224 g/mol. The van der Waals surface area contributed by atoms with Crippen molar-refractivity contribution in [3.63, 3.8) is 0 Å². The number of aromatic nitrogens is 2. The molecule has 0 atom stereocenters. The van der Waals surface area contributed by atoms with Gasteiger partial charge in [0.25, 0.3) is 0 Å². The lowest BCUT2D eigenvalue weighted by Gasteiger charge is -2.09. The summed E-state index contributed by atoms with van der Waals surface area (Å²) in [6.45, 7) is 7.14. The van der Waals surface area contributed by atoms with Crippen molar-refractivity contribution in [2.75, 3.05) is 13.1 Å². The summed E-state index contributed by atoms with van der Waals surface area (Å²) in [4.78, 5) is 8.57. The fourth-order valence-electron chi connectivity index (χ4n) is 1.80. The molecule has 1 aromatic carbocycles. The molecule has 96 valence electrons. The number of rotatable bonds is 6. The average molecular weight is 244 g/mol. The van der Waals surface area contributed by atoms with Crippen LogP contribution in [0, 0.1) is 0 Å². The largest absolute Gasteiger partial charge is 0.313 e. The van der Waals surface area contributed by atoms with Gasteiger partial charge in [-0.15, -0.1) is 0 Å². The molecule has 0 saturated carbocycles. The van der Waals surface area contributed by atoms with Crippen molar-refractivity contribution in [2.24, 2.45) is 0 Å². The SMILES string of the molecule is CC(C)NCCNCc1ccc2nccnc2c1. The van der Waals surface area contributed by atoms with Gasteiger partial charge in [0.15, 0.2) is 0 Å². The average Bonchev–Trinajstić information content (AvgIpc) is 2.38. The second-order valence-corrected chi connectivity index (χ2v) is 4.67. The van der Waals surface area contributed by atoms with Crippen LogP contribution < -0.4 is 10.6 Å². The second kappa shape index (κ2) is 6.42. The van der Waals surface area contributed by atoms with E-state index in [1.54, 1.807) is 12.4 Å². The van der Waals surface area contributed by atoms with Crippen molar-refractivity contribution in [1.82, 2.24) is 20.6 Å². The topological polar surface area (TPSA) is 49.8 Å². The quantitative estimate of drug-likeness (QED) is 0.760. The number of hydrogen-bond acceptors (Lipinski definition) is 4. The van der Waals surface area contributed by atoms with Crippen LogP contribution in [0.25, 0.3) is 11.0 Å². The van der Waals surface area contributed by atoms with Gasteiger partial charge in [0.1, 0.15) is 0 Å². The molecule has 0 fully saturated rings. The third kappa shape index (κ3) is 3.75. The Morgan fingerprint density at radius 3 is 2.61 bits per heavy atom. The lowest BCUT2D eigenvalue weighted by atomic mass is 10.2. The third-order valence-electron chi connectivity index (χ3n) is 2.72. The molecule has 4 heteroatoms. The van der Waals surface area contributed by atoms with E-state index in [-0.39, 0.29) is 0 Å². The van der Waals surface area contributed by atoms with Gasteiger partial charge >= 0.3 is 0 Å². The van der Waals surface area contributed by atoms with E-state index < -0.39 is 0 Å². The molecule has 0 aliphatic heterocycles. The molecule has 4 nitrogen and oxygen atoms in total. The Kier molecular flexibility index (Phi) is 4.61. The van der Waals surface area contributed by atoms with Crippen LogP contribution in [0.5, 0.6) is 0 Å². The molecule has 18 heavy (non-hydrogen) atoms. The van der Waals surface area contributed by atoms with Gasteiger partial charge in [-0.05, 0) is 17.7 Å². The molecule has 0 spiro atoms. The van der Waals surface area contributed by atoms with Gasteiger partial charge < -0.3 is 10.6 Å². The minimum Gasteiger partial charge on any atom is -0.313 e. The summed E-state index contributed by atoms with van der Waals surface area (Å²) in [6.07, 6.45) is 3.45. The first kappa shape index (κ1) is 12.9. The summed E-state index contributed by atoms with van der Waals surface area (Å²) in [7, 11) is 0. The normalized spacial score (nSPS) is 11.3. The molecule has 0 unspecified atom stereocenters. The van der Waals surface area contributed by atoms with E-state index in [0.717, 1.165) is 30.7 Å². The Morgan fingerprint density at radius 1 is 1.06 bits per heavy atom. The summed E-state index contributed by atoms with van der Waals surface area (Å²) < 4.78 is 0. The Morgan fingerprint density at radius 2 is 1.83 bits per heavy atom. The van der Waals surface area contributed by atoms with Crippen LogP contribution >= 0.6 is 0 Å². The molecule has 0 amide bonds. The van der Waals surface area contributed by atoms with Gasteiger partial charge in [0.2, 0.25) is 0 Å². The van der Waals surface area contributed by atoms with E-state index in [1.807, 2.05) is 6.07 Å². The lowest BCUT2D eigenvalue weighted by Crippen LogP contribution is -2.31. The highest BCUT2D eigenvalue weighted by atomic mass is 15.0. The molecule has 0 bridgehead atoms. The highest BCUT2D eigenvalue weighted by Crippen LogP contribution is 2.10. The Bertz CT molecular complexity index is 496. The third-order valence-corrected chi connectivity index (χ3v) is 2.72. The maximum Gasteiger partial charge on any atom is 0.0890 e. The van der Waals surface area contributed by atoms with Crippen molar-refractivity contribution in [3.05, 3.63) is 36.2 Å². The lowest BCUT2D eigenvalue weighted by molar-refractivity contribution is 0.556. The smallest absolute Gasteiger partial charge is 0.0890 e. The first-order chi connectivity index (χ1) is 8.75. The maximum atomic E-state index is 4.31. The predicted octanol–water partition coefficient (Wildman–Crippen LogP) is 1.72. The minimum absolute atomic E-state index is 0.544. The monoisotopic (exact) mass is 244 g/mol. The first-order valence-corrected chi connectivity index (χ1v) is 6.39. The molecular formula is C14H20N4. The van der Waals surface area contributed by atoms with Crippen LogP contribution in [0.2, 0.25) is 0 Å². The van der Waals surface area contributed by atoms with Crippen LogP contribution in [0.1, 0.15) is 19.4 Å². The van der Waals surface area contributed by atoms with Gasteiger partial charge in [-0.1, -0.05) is 19.9 Å². The molecule has 1 heterocycles. The van der Waals surface area contributed by atoms with E-state index in [9.17, 15) is 0 Å². The molecule has 2 aromatic rings. The fraction of sp³-hybridized carbons (Fsp3) is 0.429. The van der Waals surface area contributed by atoms with Crippen molar-refractivity contribution in [2.45, 2.75) is 26.4 Å². The minimum atomic E-state index is 0.544. The highest BCUT2D eigenvalue weighted by molar-refractivity contribution is 5.74. The standard InChI is InChI=1S/C14H20N4/c1-11(2)16-6-5-15-10-12-3-4-13-14(9-12)18-8-7-17-13/h3-4,7-9,11,15-16H,5-6,10H2,1-2H3. The number of nitrogens with zero attached hydrogens (tertiary/aromatic N) is 2. The number of nitrogens with one attached hydrogen (secondary N) is 2. The van der Waals surface area contributed by atoms with Gasteiger partial charge in [0, 0.05) is 38.1 Å². The summed E-state index contributed by atoms with van der Waals surface area (Å²) in [6, 6.07) is 6.75. The summed E-state index contributed by atoms with van der Waals surface area (Å²) >= 11 is 0.